The number of hydrogen-bond acceptors (Lipinski definition) is 3. The lowest BCUT2D eigenvalue weighted by molar-refractivity contribution is -0.138. The monoisotopic (exact) mass is 434 g/mol. The third kappa shape index (κ3) is 3.96. The molecular weight excluding hydrogens is 400 g/mol. The molecule has 0 saturated heterocycles. The predicted octanol–water partition coefficient (Wildman–Crippen LogP) is 5.88. The number of methoxy groups -OCH3 is 2. The van der Waals surface area contributed by atoms with Crippen LogP contribution in [0.2, 0.25) is 0 Å². The van der Waals surface area contributed by atoms with Gasteiger partial charge in [-0.2, -0.15) is 0 Å². The molecular formula is C27H34N2O3. The normalized spacial score (nSPS) is 15.8. The lowest BCUT2D eigenvalue weighted by Gasteiger charge is -2.38. The van der Waals surface area contributed by atoms with E-state index in [1.807, 2.05) is 24.3 Å². The number of amides is 1. The minimum atomic E-state index is -0.197. The summed E-state index contributed by atoms with van der Waals surface area (Å²) in [5.74, 6) is 1.97. The van der Waals surface area contributed by atoms with E-state index < -0.39 is 0 Å². The zero-order valence-corrected chi connectivity index (χ0v) is 19.6. The van der Waals surface area contributed by atoms with Crippen molar-refractivity contribution >= 4 is 16.8 Å². The first-order valence-corrected chi connectivity index (χ1v) is 11.7. The Balaban J connectivity index is 1.86. The summed E-state index contributed by atoms with van der Waals surface area (Å²) in [7, 11) is 3.39. The molecule has 0 fully saturated rings. The van der Waals surface area contributed by atoms with Gasteiger partial charge in [0.1, 0.15) is 17.5 Å². The number of aromatic amines is 1. The van der Waals surface area contributed by atoms with E-state index in [0.717, 1.165) is 60.4 Å². The highest BCUT2D eigenvalue weighted by atomic mass is 16.5. The molecule has 1 N–H and O–H groups in total. The van der Waals surface area contributed by atoms with Crippen LogP contribution in [0.25, 0.3) is 10.9 Å². The van der Waals surface area contributed by atoms with Crippen LogP contribution >= 0.6 is 0 Å². The van der Waals surface area contributed by atoms with E-state index in [2.05, 4.69) is 41.9 Å². The molecule has 0 bridgehead atoms. The number of hydrogen-bond donors (Lipinski definition) is 1. The van der Waals surface area contributed by atoms with Gasteiger partial charge in [-0.05, 0) is 49.1 Å². The number of rotatable bonds is 8. The molecule has 0 aliphatic carbocycles. The summed E-state index contributed by atoms with van der Waals surface area (Å²) in [6.45, 7) is 5.02. The summed E-state index contributed by atoms with van der Waals surface area (Å²) in [4.78, 5) is 19.6. The van der Waals surface area contributed by atoms with Gasteiger partial charge in [0, 0.05) is 34.6 Å². The van der Waals surface area contributed by atoms with Gasteiger partial charge in [0.2, 0.25) is 5.91 Å². The molecule has 1 aliphatic rings. The summed E-state index contributed by atoms with van der Waals surface area (Å²) < 4.78 is 11.2. The molecule has 0 unspecified atom stereocenters. The molecule has 1 amide bonds. The molecule has 2 heterocycles. The summed E-state index contributed by atoms with van der Waals surface area (Å²) in [6.07, 6.45) is 4.71. The quantitative estimate of drug-likeness (QED) is 0.482. The largest absolute Gasteiger partial charge is 0.497 e. The van der Waals surface area contributed by atoms with Crippen molar-refractivity contribution in [2.45, 2.75) is 52.0 Å². The maximum absolute atomic E-state index is 13.8. The minimum absolute atomic E-state index is 0.0632. The number of nitrogens with one attached hydrogen (secondary N) is 1. The highest BCUT2D eigenvalue weighted by Crippen LogP contribution is 2.43. The molecule has 2 aromatic carbocycles. The molecule has 0 radical (unpaired) electrons. The molecule has 170 valence electrons. The first-order chi connectivity index (χ1) is 15.6. The van der Waals surface area contributed by atoms with Gasteiger partial charge in [-0.1, -0.05) is 44.9 Å². The molecule has 1 aliphatic heterocycles. The van der Waals surface area contributed by atoms with Crippen LogP contribution in [-0.2, 0) is 11.2 Å². The average Bonchev–Trinajstić information content (AvgIpc) is 3.20. The van der Waals surface area contributed by atoms with Gasteiger partial charge in [0.25, 0.3) is 0 Å². The van der Waals surface area contributed by atoms with Crippen molar-refractivity contribution in [2.24, 2.45) is 5.92 Å². The molecule has 3 aromatic rings. The first-order valence-electron chi connectivity index (χ1n) is 11.7. The molecule has 0 saturated carbocycles. The van der Waals surface area contributed by atoms with Crippen LogP contribution in [0.5, 0.6) is 11.5 Å². The first kappa shape index (κ1) is 22.3. The van der Waals surface area contributed by atoms with Crippen molar-refractivity contribution < 1.29 is 14.3 Å². The van der Waals surface area contributed by atoms with Crippen molar-refractivity contribution in [1.82, 2.24) is 9.88 Å². The molecule has 4 rings (SSSR count). The Morgan fingerprint density at radius 1 is 1.09 bits per heavy atom. The number of para-hydroxylation sites is 1. The Morgan fingerprint density at radius 3 is 2.53 bits per heavy atom. The van der Waals surface area contributed by atoms with E-state index in [1.54, 1.807) is 14.2 Å². The van der Waals surface area contributed by atoms with Crippen LogP contribution in [0.4, 0.5) is 0 Å². The summed E-state index contributed by atoms with van der Waals surface area (Å²) in [5.41, 5.74) is 4.45. The Morgan fingerprint density at radius 2 is 1.84 bits per heavy atom. The van der Waals surface area contributed by atoms with E-state index in [4.69, 9.17) is 9.47 Å². The molecule has 0 spiro atoms. The second-order valence-electron chi connectivity index (χ2n) is 8.63. The highest BCUT2D eigenvalue weighted by Gasteiger charge is 2.38. The standard InChI is InChI=1S/C27H34N2O3/c1-5-9-18(10-6-2)27(30)29-16-15-20-22-17-19(31-3)13-14-23(22)28-25(20)26(29)21-11-7-8-12-24(21)32-4/h7-8,11-14,17-18,26,28H,5-6,9-10,15-16H2,1-4H3/t26-/m0/s1. The van der Waals surface area contributed by atoms with Gasteiger partial charge in [-0.15, -0.1) is 0 Å². The Hall–Kier alpha value is -2.95. The lowest BCUT2D eigenvalue weighted by atomic mass is 9.89. The second-order valence-corrected chi connectivity index (χ2v) is 8.63. The Labute approximate surface area is 190 Å². The van der Waals surface area contributed by atoms with Crippen LogP contribution in [0.3, 0.4) is 0 Å². The van der Waals surface area contributed by atoms with E-state index in [-0.39, 0.29) is 17.9 Å². The van der Waals surface area contributed by atoms with Crippen LogP contribution in [0, 0.1) is 5.92 Å². The van der Waals surface area contributed by atoms with Crippen molar-refractivity contribution in [2.75, 3.05) is 20.8 Å². The van der Waals surface area contributed by atoms with Crippen molar-refractivity contribution in [3.63, 3.8) is 0 Å². The van der Waals surface area contributed by atoms with Gasteiger partial charge in [-0.3, -0.25) is 4.79 Å². The van der Waals surface area contributed by atoms with Crippen molar-refractivity contribution in [3.05, 3.63) is 59.3 Å². The van der Waals surface area contributed by atoms with Gasteiger partial charge in [-0.25, -0.2) is 0 Å². The van der Waals surface area contributed by atoms with Gasteiger partial charge in [0.15, 0.2) is 0 Å². The van der Waals surface area contributed by atoms with Crippen molar-refractivity contribution in [1.29, 1.82) is 0 Å². The van der Waals surface area contributed by atoms with Crippen LogP contribution < -0.4 is 9.47 Å². The van der Waals surface area contributed by atoms with Crippen LogP contribution in [0.1, 0.15) is 62.4 Å². The maximum Gasteiger partial charge on any atom is 0.226 e. The van der Waals surface area contributed by atoms with Crippen molar-refractivity contribution in [3.8, 4) is 11.5 Å². The topological polar surface area (TPSA) is 54.6 Å². The SMILES string of the molecule is CCCC(CCC)C(=O)N1CCc2c([nH]c3ccc(OC)cc23)[C@@H]1c1ccccc1OC. The van der Waals surface area contributed by atoms with Gasteiger partial charge >= 0.3 is 0 Å². The van der Waals surface area contributed by atoms with Gasteiger partial charge in [0.05, 0.1) is 14.2 Å². The second kappa shape index (κ2) is 9.68. The zero-order valence-electron chi connectivity index (χ0n) is 19.6. The molecule has 1 atom stereocenters. The number of carbonyl (C=O) groups excluding carboxylic acids is 1. The number of ether oxygens (including phenoxy) is 2. The number of nitrogens with zero attached hydrogens (tertiary/aromatic N) is 1. The smallest absolute Gasteiger partial charge is 0.226 e. The van der Waals surface area contributed by atoms with Crippen LogP contribution in [0.15, 0.2) is 42.5 Å². The number of fused-ring (bicyclic) bond motifs is 3. The minimum Gasteiger partial charge on any atom is -0.497 e. The summed E-state index contributed by atoms with van der Waals surface area (Å²) in [5, 5.41) is 1.17. The summed E-state index contributed by atoms with van der Waals surface area (Å²) in [6, 6.07) is 14.0. The number of benzene rings is 2. The number of aromatic nitrogens is 1. The molecule has 32 heavy (non-hydrogen) atoms. The van der Waals surface area contributed by atoms with E-state index in [1.165, 1.54) is 10.9 Å². The van der Waals surface area contributed by atoms with E-state index in [9.17, 15) is 4.79 Å². The lowest BCUT2D eigenvalue weighted by Crippen LogP contribution is -2.43. The van der Waals surface area contributed by atoms with Crippen LogP contribution in [-0.4, -0.2) is 36.6 Å². The third-order valence-electron chi connectivity index (χ3n) is 6.67. The zero-order chi connectivity index (χ0) is 22.7. The van der Waals surface area contributed by atoms with E-state index >= 15 is 0 Å². The molecule has 5 nitrogen and oxygen atoms in total. The Bertz CT molecular complexity index is 1080. The average molecular weight is 435 g/mol. The fraction of sp³-hybridized carbons (Fsp3) is 0.444. The fourth-order valence-electron chi connectivity index (χ4n) is 5.17. The molecule has 5 heteroatoms. The maximum atomic E-state index is 13.8. The van der Waals surface area contributed by atoms with Gasteiger partial charge < -0.3 is 19.4 Å². The molecule has 1 aromatic heterocycles. The number of H-pyrrole nitrogens is 1. The number of carbonyl (C=O) groups is 1. The summed E-state index contributed by atoms with van der Waals surface area (Å²) >= 11 is 0. The fourth-order valence-corrected chi connectivity index (χ4v) is 5.17. The predicted molar refractivity (Wildman–Crippen MR) is 128 cm³/mol. The third-order valence-corrected chi connectivity index (χ3v) is 6.67. The highest BCUT2D eigenvalue weighted by molar-refractivity contribution is 5.88. The Kier molecular flexibility index (Phi) is 6.73. The van der Waals surface area contributed by atoms with E-state index in [0.29, 0.717) is 6.54 Å².